The number of benzene rings is 8. The van der Waals surface area contributed by atoms with Crippen molar-refractivity contribution in [2.75, 3.05) is 0 Å². The van der Waals surface area contributed by atoms with Crippen molar-refractivity contribution < 1.29 is 76.0 Å². The molecule has 1 N–H and O–H groups in total. The summed E-state index contributed by atoms with van der Waals surface area (Å²) in [6, 6.07) is 55.4. The molecule has 3 aliphatic rings. The van der Waals surface area contributed by atoms with E-state index in [0.29, 0.717) is 24.0 Å². The summed E-state index contributed by atoms with van der Waals surface area (Å²) in [6.45, 7) is 0. The van der Waals surface area contributed by atoms with Gasteiger partial charge in [0.05, 0.1) is 0 Å². The molecule has 0 fully saturated rings. The second-order valence-electron chi connectivity index (χ2n) is 15.1. The molecule has 0 atom stereocenters. The van der Waals surface area contributed by atoms with Gasteiger partial charge in [-0.05, 0) is 98.1 Å². The van der Waals surface area contributed by atoms with Crippen LogP contribution < -0.4 is 51.4 Å². The van der Waals surface area contributed by atoms with Crippen LogP contribution in [-0.2, 0) is 22.4 Å². The van der Waals surface area contributed by atoms with Gasteiger partial charge in [-0.2, -0.15) is 0 Å². The van der Waals surface area contributed by atoms with Crippen molar-refractivity contribution in [2.45, 2.75) is 12.8 Å². The van der Waals surface area contributed by atoms with Gasteiger partial charge in [0.1, 0.15) is 5.78 Å². The SMILES string of the molecule is O=C(Cc1cccc(Br)c1)Cc1cccc(Br)c1.O=C1C(=O)c2cccc3cccc1c23.O=C1C(c2cccc(Br)c2)=C2C(=C1c1cccc(Br)c1)c1cccc3cccc2c13.[K+].[OH-]. The second-order valence-corrected chi connectivity index (χ2v) is 18.7. The number of rotatable bonds is 6. The third-order valence-electron chi connectivity index (χ3n) is 11.1. The number of Topliss-reactive ketones (excluding diaryl/α,β-unsaturated/α-hetero) is 4. The van der Waals surface area contributed by atoms with Crippen molar-refractivity contribution >= 4 is 131 Å². The molecule has 0 unspecified atom stereocenters. The van der Waals surface area contributed by atoms with E-state index < -0.39 is 0 Å². The molecule has 5 nitrogen and oxygen atoms in total. The smallest absolute Gasteiger partial charge is 0.870 e. The van der Waals surface area contributed by atoms with E-state index in [2.05, 4.69) is 100 Å². The van der Waals surface area contributed by atoms with Crippen LogP contribution in [0.1, 0.15) is 54.1 Å². The van der Waals surface area contributed by atoms with Crippen molar-refractivity contribution in [1.29, 1.82) is 0 Å². The molecule has 0 saturated carbocycles. The van der Waals surface area contributed by atoms with E-state index in [1.54, 1.807) is 24.3 Å². The van der Waals surface area contributed by atoms with Crippen LogP contribution in [0.2, 0.25) is 0 Å². The van der Waals surface area contributed by atoms with Crippen LogP contribution in [0.5, 0.6) is 0 Å². The van der Waals surface area contributed by atoms with Crippen molar-refractivity contribution in [2.24, 2.45) is 0 Å². The third-order valence-corrected chi connectivity index (χ3v) is 13.0. The minimum absolute atomic E-state index is 0. The number of hydrogen-bond acceptors (Lipinski definition) is 5. The largest absolute Gasteiger partial charge is 1.00 e. The van der Waals surface area contributed by atoms with Gasteiger partial charge < -0.3 is 5.48 Å². The number of fused-ring (bicyclic) bond motifs is 3. The van der Waals surface area contributed by atoms with Crippen LogP contribution in [0.25, 0.3) is 43.8 Å². The molecule has 0 bridgehead atoms. The molecular formula is C54H33Br4KO5. The molecule has 8 aromatic rings. The minimum Gasteiger partial charge on any atom is -0.870 e. The van der Waals surface area contributed by atoms with E-state index in [-0.39, 0.29) is 80.0 Å². The molecule has 0 spiro atoms. The first kappa shape index (κ1) is 47.9. The van der Waals surface area contributed by atoms with Crippen molar-refractivity contribution in [3.63, 3.8) is 0 Å². The number of ketones is 4. The molecular weight excluding hydrogens is 1090 g/mol. The maximum atomic E-state index is 13.9. The Morgan fingerprint density at radius 3 is 1.08 bits per heavy atom. The molecule has 308 valence electrons. The Bertz CT molecular complexity index is 3080. The van der Waals surface area contributed by atoms with Gasteiger partial charge in [0, 0.05) is 69.5 Å². The summed E-state index contributed by atoms with van der Waals surface area (Å²) >= 11 is 14.0. The summed E-state index contributed by atoms with van der Waals surface area (Å²) in [4.78, 5) is 49.0. The van der Waals surface area contributed by atoms with E-state index in [9.17, 15) is 19.2 Å². The predicted octanol–water partition coefficient (Wildman–Crippen LogP) is 11.4. The number of hydrogen-bond donors (Lipinski definition) is 0. The van der Waals surface area contributed by atoms with E-state index >= 15 is 0 Å². The molecule has 0 saturated heterocycles. The Labute approximate surface area is 446 Å². The van der Waals surface area contributed by atoms with Crippen molar-refractivity contribution in [1.82, 2.24) is 0 Å². The van der Waals surface area contributed by atoms with Gasteiger partial charge in [-0.3, -0.25) is 19.2 Å². The fourth-order valence-corrected chi connectivity index (χ4v) is 10.2. The average molecular weight is 1120 g/mol. The van der Waals surface area contributed by atoms with Crippen LogP contribution in [0.4, 0.5) is 0 Å². The summed E-state index contributed by atoms with van der Waals surface area (Å²) < 4.78 is 3.95. The van der Waals surface area contributed by atoms with Crippen LogP contribution >= 0.6 is 63.7 Å². The molecule has 64 heavy (non-hydrogen) atoms. The maximum Gasteiger partial charge on any atom is 1.00 e. The van der Waals surface area contributed by atoms with Gasteiger partial charge in [-0.1, -0.05) is 185 Å². The quantitative estimate of drug-likeness (QED) is 0.122. The number of allylic oxidation sites excluding steroid dienone is 4. The van der Waals surface area contributed by atoms with E-state index in [4.69, 9.17) is 0 Å². The topological polar surface area (TPSA) is 98.3 Å². The Kier molecular flexibility index (Phi) is 15.4. The molecule has 0 heterocycles. The maximum absolute atomic E-state index is 13.9. The minimum atomic E-state index is -0.378. The van der Waals surface area contributed by atoms with Crippen LogP contribution in [0.3, 0.4) is 0 Å². The van der Waals surface area contributed by atoms with Gasteiger partial charge in [-0.25, -0.2) is 0 Å². The zero-order valence-corrected chi connectivity index (χ0v) is 43.6. The number of halogens is 4. The van der Waals surface area contributed by atoms with Crippen molar-refractivity contribution in [3.8, 4) is 0 Å². The summed E-state index contributed by atoms with van der Waals surface area (Å²) in [5.74, 6) is -0.442. The molecule has 3 aliphatic carbocycles. The van der Waals surface area contributed by atoms with Gasteiger partial charge >= 0.3 is 51.4 Å². The van der Waals surface area contributed by atoms with Crippen LogP contribution in [0.15, 0.2) is 188 Å². The first-order valence-corrected chi connectivity index (χ1v) is 22.9. The summed E-state index contributed by atoms with van der Waals surface area (Å²) in [5.41, 5.74) is 11.0. The van der Waals surface area contributed by atoms with Crippen LogP contribution in [-0.4, -0.2) is 28.6 Å². The Morgan fingerprint density at radius 2 is 0.703 bits per heavy atom. The zero-order valence-electron chi connectivity index (χ0n) is 34.2. The van der Waals surface area contributed by atoms with E-state index in [1.165, 1.54) is 10.8 Å². The predicted molar refractivity (Wildman–Crippen MR) is 266 cm³/mol. The first-order valence-electron chi connectivity index (χ1n) is 19.7. The second kappa shape index (κ2) is 20.6. The van der Waals surface area contributed by atoms with E-state index in [1.807, 2.05) is 109 Å². The Balaban J connectivity index is 0.000000154. The molecule has 0 aliphatic heterocycles. The molecule has 10 heteroatoms. The fraction of sp³-hybridized carbons (Fsp3) is 0.0370. The van der Waals surface area contributed by atoms with Gasteiger partial charge in [0.15, 0.2) is 5.78 Å². The van der Waals surface area contributed by atoms with Crippen LogP contribution in [0, 0.1) is 0 Å². The normalized spacial score (nSPS) is 12.9. The first-order chi connectivity index (χ1) is 30.0. The summed E-state index contributed by atoms with van der Waals surface area (Å²) in [6.07, 6.45) is 0.956. The molecule has 0 radical (unpaired) electrons. The number of carbonyl (C=O) groups is 4. The van der Waals surface area contributed by atoms with Crippen molar-refractivity contribution in [3.05, 3.63) is 232 Å². The Hall–Kier alpha value is -4.04. The van der Waals surface area contributed by atoms with Gasteiger partial charge in [0.2, 0.25) is 11.6 Å². The summed E-state index contributed by atoms with van der Waals surface area (Å²) in [7, 11) is 0. The van der Waals surface area contributed by atoms with E-state index in [0.717, 1.165) is 84.3 Å². The molecule has 0 aromatic heterocycles. The molecule has 11 rings (SSSR count). The molecule has 0 amide bonds. The monoisotopic (exact) mass is 1120 g/mol. The van der Waals surface area contributed by atoms with Gasteiger partial charge in [-0.15, -0.1) is 0 Å². The fourth-order valence-electron chi connectivity index (χ4n) is 8.51. The average Bonchev–Trinajstić information content (AvgIpc) is 3.84. The zero-order chi connectivity index (χ0) is 43.1. The van der Waals surface area contributed by atoms with Gasteiger partial charge in [0.25, 0.3) is 0 Å². The standard InChI is InChI=1S/C27H14Br2O.C15H12Br2O.C12H6O2.K.H2O/c28-18-9-1-7-16(13-18)23-25-20-11-3-5-15-6-4-12-21(22(15)20)26(25)24(27(23)30)17-8-2-10-19(29)14-17;16-13-5-1-3-11(7-13)9-15(18)10-12-4-2-6-14(17)8-12;13-11-8-5-1-3-7-4-2-6-9(10(7)8)12(11)14;;/h1-14H;1-8H,9-10H2;1-6H;;1H2/q;;;+1;/p-1. The number of carbonyl (C=O) groups excluding carboxylic acids is 4. The third kappa shape index (κ3) is 9.60. The Morgan fingerprint density at radius 1 is 0.375 bits per heavy atom. The summed E-state index contributed by atoms with van der Waals surface area (Å²) in [5, 5.41) is 4.20. The molecule has 8 aromatic carbocycles.